The molecule has 1 unspecified atom stereocenters. The molecule has 18 heavy (non-hydrogen) atoms. The Morgan fingerprint density at radius 2 is 1.67 bits per heavy atom. The van der Waals surface area contributed by atoms with Crippen molar-refractivity contribution < 1.29 is 18.0 Å². The highest BCUT2D eigenvalue weighted by molar-refractivity contribution is 5.90. The lowest BCUT2D eigenvalue weighted by molar-refractivity contribution is -0.174. The maximum absolute atomic E-state index is 12.7. The molecule has 0 aromatic heterocycles. The van der Waals surface area contributed by atoms with Gasteiger partial charge < -0.3 is 0 Å². The van der Waals surface area contributed by atoms with Crippen molar-refractivity contribution in [1.82, 2.24) is 0 Å². The van der Waals surface area contributed by atoms with Gasteiger partial charge in [-0.3, -0.25) is 4.79 Å². The second kappa shape index (κ2) is 5.12. The molecule has 1 saturated carbocycles. The fourth-order valence-electron chi connectivity index (χ4n) is 2.77. The van der Waals surface area contributed by atoms with E-state index in [4.69, 9.17) is 0 Å². The third-order valence-electron chi connectivity index (χ3n) is 3.59. The van der Waals surface area contributed by atoms with E-state index in [2.05, 4.69) is 0 Å². The lowest BCUT2D eigenvalue weighted by atomic mass is 9.81. The largest absolute Gasteiger partial charge is 0.450 e. The van der Waals surface area contributed by atoms with Crippen LogP contribution in [0.2, 0.25) is 0 Å². The zero-order valence-electron chi connectivity index (χ0n) is 9.91. The van der Waals surface area contributed by atoms with Gasteiger partial charge in [0, 0.05) is 0 Å². The third-order valence-corrected chi connectivity index (χ3v) is 3.59. The summed E-state index contributed by atoms with van der Waals surface area (Å²) in [5.41, 5.74) is 0.492. The summed E-state index contributed by atoms with van der Waals surface area (Å²) in [4.78, 5) is 11.6. The molecular formula is C14H15F3O. The van der Waals surface area contributed by atoms with E-state index in [-0.39, 0.29) is 5.92 Å². The minimum atomic E-state index is -4.75. The Bertz CT molecular complexity index is 405. The van der Waals surface area contributed by atoms with Crippen LogP contribution in [0.1, 0.15) is 37.2 Å². The molecule has 98 valence electrons. The smallest absolute Gasteiger partial charge is 0.289 e. The van der Waals surface area contributed by atoms with Crippen molar-refractivity contribution in [3.63, 3.8) is 0 Å². The highest BCUT2D eigenvalue weighted by Gasteiger charge is 2.46. The summed E-state index contributed by atoms with van der Waals surface area (Å²) in [7, 11) is 0. The maximum Gasteiger partial charge on any atom is 0.450 e. The number of carbonyl (C=O) groups excluding carboxylic acids is 1. The van der Waals surface area contributed by atoms with Crippen LogP contribution >= 0.6 is 0 Å². The number of alkyl halides is 3. The Hall–Kier alpha value is -1.32. The van der Waals surface area contributed by atoms with Crippen molar-refractivity contribution in [2.45, 2.75) is 37.8 Å². The molecule has 0 aliphatic heterocycles. The number of rotatable bonds is 3. The van der Waals surface area contributed by atoms with Gasteiger partial charge in [-0.25, -0.2) is 0 Å². The van der Waals surface area contributed by atoms with Crippen molar-refractivity contribution in [2.24, 2.45) is 5.92 Å². The fourth-order valence-corrected chi connectivity index (χ4v) is 2.77. The first kappa shape index (κ1) is 13.1. The number of carbonyl (C=O) groups is 1. The van der Waals surface area contributed by atoms with Crippen LogP contribution in [0, 0.1) is 5.92 Å². The normalized spacial score (nSPS) is 18.8. The Labute approximate surface area is 104 Å². The van der Waals surface area contributed by atoms with Crippen LogP contribution < -0.4 is 0 Å². The lowest BCUT2D eigenvalue weighted by Gasteiger charge is -2.23. The molecule has 1 aliphatic rings. The Balaban J connectivity index is 2.32. The number of hydrogen-bond acceptors (Lipinski definition) is 1. The van der Waals surface area contributed by atoms with Crippen molar-refractivity contribution in [2.75, 3.05) is 0 Å². The van der Waals surface area contributed by atoms with E-state index in [1.807, 2.05) is 0 Å². The fraction of sp³-hybridized carbons (Fsp3) is 0.500. The van der Waals surface area contributed by atoms with Crippen molar-refractivity contribution >= 4 is 5.78 Å². The second-order valence-electron chi connectivity index (χ2n) is 4.79. The van der Waals surface area contributed by atoms with Gasteiger partial charge in [-0.15, -0.1) is 0 Å². The lowest BCUT2D eigenvalue weighted by Crippen LogP contribution is -2.32. The minimum absolute atomic E-state index is 0.165. The Morgan fingerprint density at radius 3 is 2.17 bits per heavy atom. The van der Waals surface area contributed by atoms with Crippen LogP contribution in [0.25, 0.3) is 0 Å². The molecule has 0 radical (unpaired) electrons. The van der Waals surface area contributed by atoms with Gasteiger partial charge in [0.1, 0.15) is 0 Å². The van der Waals surface area contributed by atoms with E-state index < -0.39 is 17.9 Å². The molecule has 1 atom stereocenters. The molecule has 1 aromatic rings. The van der Waals surface area contributed by atoms with Crippen molar-refractivity contribution in [3.05, 3.63) is 35.9 Å². The molecule has 1 aliphatic carbocycles. The first-order chi connectivity index (χ1) is 8.50. The monoisotopic (exact) mass is 256 g/mol. The molecule has 1 aromatic carbocycles. The number of Topliss-reactive ketones (excluding diaryl/α,β-unsaturated/α-hetero) is 1. The Kier molecular flexibility index (Phi) is 3.73. The Morgan fingerprint density at radius 1 is 1.11 bits per heavy atom. The van der Waals surface area contributed by atoms with E-state index in [1.165, 1.54) is 0 Å². The molecular weight excluding hydrogens is 241 g/mol. The van der Waals surface area contributed by atoms with E-state index in [1.54, 1.807) is 30.3 Å². The summed E-state index contributed by atoms with van der Waals surface area (Å²) in [5, 5.41) is 0. The van der Waals surface area contributed by atoms with Crippen LogP contribution in [-0.4, -0.2) is 12.0 Å². The van der Waals surface area contributed by atoms with Gasteiger partial charge in [-0.1, -0.05) is 43.2 Å². The summed E-state index contributed by atoms with van der Waals surface area (Å²) in [6.45, 7) is 0. The van der Waals surface area contributed by atoms with Gasteiger partial charge in [-0.2, -0.15) is 13.2 Å². The minimum Gasteiger partial charge on any atom is -0.289 e. The first-order valence-electron chi connectivity index (χ1n) is 6.16. The van der Waals surface area contributed by atoms with Gasteiger partial charge in [0.15, 0.2) is 0 Å². The van der Waals surface area contributed by atoms with Gasteiger partial charge in [-0.05, 0) is 24.3 Å². The molecule has 0 saturated heterocycles. The summed E-state index contributed by atoms with van der Waals surface area (Å²) in [5.74, 6) is -2.78. The number of benzene rings is 1. The highest BCUT2D eigenvalue weighted by atomic mass is 19.4. The quantitative estimate of drug-likeness (QED) is 0.796. The predicted molar refractivity (Wildman–Crippen MR) is 62.2 cm³/mol. The van der Waals surface area contributed by atoms with Crippen LogP contribution in [0.15, 0.2) is 30.3 Å². The zero-order chi connectivity index (χ0) is 13.2. The molecule has 0 bridgehead atoms. The zero-order valence-corrected chi connectivity index (χ0v) is 9.91. The summed E-state index contributed by atoms with van der Waals surface area (Å²) in [6.07, 6.45) is -1.50. The number of halogens is 3. The molecule has 0 spiro atoms. The molecule has 2 rings (SSSR count). The topological polar surface area (TPSA) is 17.1 Å². The highest BCUT2D eigenvalue weighted by Crippen LogP contribution is 2.41. The molecule has 1 nitrogen and oxygen atoms in total. The summed E-state index contributed by atoms with van der Waals surface area (Å²) < 4.78 is 38.1. The molecule has 0 heterocycles. The number of hydrogen-bond donors (Lipinski definition) is 0. The van der Waals surface area contributed by atoms with E-state index in [0.717, 1.165) is 12.8 Å². The average molecular weight is 256 g/mol. The summed E-state index contributed by atoms with van der Waals surface area (Å²) >= 11 is 0. The van der Waals surface area contributed by atoms with Crippen molar-refractivity contribution in [1.29, 1.82) is 0 Å². The van der Waals surface area contributed by atoms with Crippen LogP contribution in [0.5, 0.6) is 0 Å². The third kappa shape index (κ3) is 2.74. The van der Waals surface area contributed by atoms with Gasteiger partial charge >= 0.3 is 6.18 Å². The SMILES string of the molecule is O=C(C(c1ccccc1)C1CCCC1)C(F)(F)F. The second-order valence-corrected chi connectivity index (χ2v) is 4.79. The van der Waals surface area contributed by atoms with E-state index in [9.17, 15) is 18.0 Å². The molecule has 0 N–H and O–H groups in total. The van der Waals surface area contributed by atoms with Crippen LogP contribution in [0.3, 0.4) is 0 Å². The van der Waals surface area contributed by atoms with Crippen molar-refractivity contribution in [3.8, 4) is 0 Å². The van der Waals surface area contributed by atoms with Gasteiger partial charge in [0.25, 0.3) is 0 Å². The van der Waals surface area contributed by atoms with Crippen LogP contribution in [-0.2, 0) is 4.79 Å². The standard InChI is InChI=1S/C14H15F3O/c15-14(16,17)13(18)12(11-8-4-5-9-11)10-6-2-1-3-7-10/h1-3,6-7,11-12H,4-5,8-9H2. The van der Waals surface area contributed by atoms with E-state index in [0.29, 0.717) is 18.4 Å². The predicted octanol–water partition coefficient (Wildman–Crippen LogP) is 4.09. The van der Waals surface area contributed by atoms with E-state index >= 15 is 0 Å². The average Bonchev–Trinajstić information content (AvgIpc) is 2.83. The maximum atomic E-state index is 12.7. The molecule has 1 fully saturated rings. The summed E-state index contributed by atoms with van der Waals surface area (Å²) in [6, 6.07) is 8.34. The molecule has 0 amide bonds. The molecule has 4 heteroatoms. The van der Waals surface area contributed by atoms with Gasteiger partial charge in [0.05, 0.1) is 5.92 Å². The van der Waals surface area contributed by atoms with Crippen LogP contribution in [0.4, 0.5) is 13.2 Å². The first-order valence-corrected chi connectivity index (χ1v) is 6.16. The number of ketones is 1. The van der Waals surface area contributed by atoms with Gasteiger partial charge in [0.2, 0.25) is 5.78 Å².